The van der Waals surface area contributed by atoms with Gasteiger partial charge in [0.05, 0.1) is 6.54 Å². The summed E-state index contributed by atoms with van der Waals surface area (Å²) < 4.78 is 0. The third-order valence-corrected chi connectivity index (χ3v) is 3.56. The van der Waals surface area contributed by atoms with E-state index in [1.165, 1.54) is 4.90 Å². The maximum absolute atomic E-state index is 11.9. The quantitative estimate of drug-likeness (QED) is 0.787. The van der Waals surface area contributed by atoms with E-state index in [2.05, 4.69) is 5.32 Å². The summed E-state index contributed by atoms with van der Waals surface area (Å²) >= 11 is 0. The van der Waals surface area contributed by atoms with Crippen LogP contribution >= 0.6 is 0 Å². The Morgan fingerprint density at radius 1 is 1.29 bits per heavy atom. The number of benzene rings is 1. The number of hydrogen-bond donors (Lipinski definition) is 2. The molecule has 1 aromatic carbocycles. The predicted molar refractivity (Wildman–Crippen MR) is 78.1 cm³/mol. The van der Waals surface area contributed by atoms with E-state index < -0.39 is 0 Å². The molecule has 0 saturated carbocycles. The summed E-state index contributed by atoms with van der Waals surface area (Å²) in [6.07, 6.45) is 0.523. The van der Waals surface area contributed by atoms with Gasteiger partial charge in [0.25, 0.3) is 0 Å². The number of hydrogen-bond acceptors (Lipinski definition) is 4. The Bertz CT molecular complexity index is 555. The van der Waals surface area contributed by atoms with Crippen LogP contribution in [0.3, 0.4) is 0 Å². The van der Waals surface area contributed by atoms with E-state index in [9.17, 15) is 14.4 Å². The van der Waals surface area contributed by atoms with Gasteiger partial charge in [-0.3, -0.25) is 19.3 Å². The largest absolute Gasteiger partial charge is 0.330 e. The summed E-state index contributed by atoms with van der Waals surface area (Å²) in [5, 5.41) is 2.80. The zero-order chi connectivity index (χ0) is 15.4. The van der Waals surface area contributed by atoms with Crippen molar-refractivity contribution in [3.63, 3.8) is 0 Å². The molecule has 1 heterocycles. The number of rotatable bonds is 5. The molecule has 0 aliphatic carbocycles. The Balaban J connectivity index is 2.15. The van der Waals surface area contributed by atoms with Crippen LogP contribution in [0.15, 0.2) is 24.3 Å². The molecular formula is C15H19N3O3. The molecule has 2 rings (SSSR count). The van der Waals surface area contributed by atoms with Gasteiger partial charge in [-0.25, -0.2) is 0 Å². The Labute approximate surface area is 123 Å². The molecule has 21 heavy (non-hydrogen) atoms. The molecular weight excluding hydrogens is 270 g/mol. The highest BCUT2D eigenvalue weighted by molar-refractivity contribution is 6.02. The van der Waals surface area contributed by atoms with E-state index >= 15 is 0 Å². The molecule has 3 N–H and O–H groups in total. The lowest BCUT2D eigenvalue weighted by molar-refractivity contribution is -0.139. The van der Waals surface area contributed by atoms with Gasteiger partial charge in [-0.15, -0.1) is 0 Å². The Hall–Kier alpha value is -2.21. The van der Waals surface area contributed by atoms with Crippen LogP contribution < -0.4 is 11.1 Å². The smallest absolute Gasteiger partial charge is 0.229 e. The van der Waals surface area contributed by atoms with E-state index in [0.717, 1.165) is 5.56 Å². The molecule has 1 saturated heterocycles. The summed E-state index contributed by atoms with van der Waals surface area (Å²) in [5.74, 6) is -0.815. The zero-order valence-electron chi connectivity index (χ0n) is 12.0. The molecule has 1 aromatic rings. The van der Waals surface area contributed by atoms with Crippen LogP contribution in [0.4, 0.5) is 5.69 Å². The lowest BCUT2D eigenvalue weighted by atomic mass is 10.1. The number of nitrogens with zero attached hydrogens (tertiary/aromatic N) is 1. The van der Waals surface area contributed by atoms with Gasteiger partial charge in [0.1, 0.15) is 0 Å². The lowest BCUT2D eigenvalue weighted by Crippen LogP contribution is -2.30. The van der Waals surface area contributed by atoms with Crippen LogP contribution in [0, 0.1) is 5.92 Å². The van der Waals surface area contributed by atoms with Crippen LogP contribution in [0.5, 0.6) is 0 Å². The van der Waals surface area contributed by atoms with Gasteiger partial charge in [-0.1, -0.05) is 25.1 Å². The minimum Gasteiger partial charge on any atom is -0.330 e. The van der Waals surface area contributed by atoms with Gasteiger partial charge in [0, 0.05) is 31.0 Å². The van der Waals surface area contributed by atoms with Crippen molar-refractivity contribution in [3.05, 3.63) is 29.8 Å². The molecule has 6 heteroatoms. The normalized spacial score (nSPS) is 16.2. The van der Waals surface area contributed by atoms with E-state index in [-0.39, 0.29) is 49.6 Å². The van der Waals surface area contributed by atoms with Gasteiger partial charge in [-0.2, -0.15) is 0 Å². The molecule has 6 nitrogen and oxygen atoms in total. The molecule has 1 atom stereocenters. The molecule has 1 fully saturated rings. The Morgan fingerprint density at radius 3 is 2.52 bits per heavy atom. The van der Waals surface area contributed by atoms with Crippen molar-refractivity contribution in [3.8, 4) is 0 Å². The van der Waals surface area contributed by atoms with Crippen LogP contribution in [0.25, 0.3) is 0 Å². The number of amides is 3. The Kier molecular flexibility index (Phi) is 4.70. The predicted octanol–water partition coefficient (Wildman–Crippen LogP) is 0.869. The summed E-state index contributed by atoms with van der Waals surface area (Å²) in [6, 6.07) is 7.14. The molecule has 3 amide bonds. The maximum atomic E-state index is 11.9. The van der Waals surface area contributed by atoms with E-state index in [1.54, 1.807) is 25.1 Å². The lowest BCUT2D eigenvalue weighted by Gasteiger charge is -2.18. The van der Waals surface area contributed by atoms with Crippen molar-refractivity contribution in [2.75, 3.05) is 11.9 Å². The monoisotopic (exact) mass is 289 g/mol. The standard InChI is InChI=1S/C15H19N3O3/c1-10(8-16)15(21)17-12-5-3-2-4-11(12)9-18-13(19)6-7-14(18)20/h2-5,10H,6-9,16H2,1H3,(H,17,21). The second-order valence-corrected chi connectivity index (χ2v) is 5.16. The van der Waals surface area contributed by atoms with Crippen molar-refractivity contribution >= 4 is 23.4 Å². The molecule has 1 unspecified atom stereocenters. The van der Waals surface area contributed by atoms with E-state index in [1.807, 2.05) is 6.07 Å². The van der Waals surface area contributed by atoms with E-state index in [0.29, 0.717) is 5.69 Å². The van der Waals surface area contributed by atoms with Crippen LogP contribution in [-0.4, -0.2) is 29.2 Å². The van der Waals surface area contributed by atoms with Crippen molar-refractivity contribution < 1.29 is 14.4 Å². The highest BCUT2D eigenvalue weighted by Gasteiger charge is 2.29. The van der Waals surface area contributed by atoms with Gasteiger partial charge >= 0.3 is 0 Å². The fourth-order valence-corrected chi connectivity index (χ4v) is 2.11. The topological polar surface area (TPSA) is 92.5 Å². The highest BCUT2D eigenvalue weighted by atomic mass is 16.2. The number of para-hydroxylation sites is 1. The van der Waals surface area contributed by atoms with Crippen molar-refractivity contribution in [1.82, 2.24) is 4.90 Å². The number of nitrogens with two attached hydrogens (primary N) is 1. The fourth-order valence-electron chi connectivity index (χ4n) is 2.11. The SMILES string of the molecule is CC(CN)C(=O)Nc1ccccc1CN1C(=O)CCC1=O. The average molecular weight is 289 g/mol. The second-order valence-electron chi connectivity index (χ2n) is 5.16. The van der Waals surface area contributed by atoms with Gasteiger partial charge < -0.3 is 11.1 Å². The molecule has 1 aliphatic rings. The molecule has 0 radical (unpaired) electrons. The van der Waals surface area contributed by atoms with Crippen LogP contribution in [0.2, 0.25) is 0 Å². The first kappa shape index (κ1) is 15.2. The van der Waals surface area contributed by atoms with Crippen LogP contribution in [-0.2, 0) is 20.9 Å². The second kappa shape index (κ2) is 6.49. The number of carbonyl (C=O) groups excluding carboxylic acids is 3. The zero-order valence-corrected chi connectivity index (χ0v) is 12.0. The minimum atomic E-state index is -0.298. The first-order valence-corrected chi connectivity index (χ1v) is 6.95. The minimum absolute atomic E-state index is 0.170. The first-order chi connectivity index (χ1) is 10.0. The number of likely N-dealkylation sites (tertiary alicyclic amines) is 1. The molecule has 112 valence electrons. The summed E-state index contributed by atoms with van der Waals surface area (Å²) in [4.78, 5) is 36.5. The van der Waals surface area contributed by atoms with E-state index in [4.69, 9.17) is 5.73 Å². The molecule has 0 spiro atoms. The number of anilines is 1. The number of carbonyl (C=O) groups is 3. The molecule has 1 aliphatic heterocycles. The average Bonchev–Trinajstić information content (AvgIpc) is 2.80. The van der Waals surface area contributed by atoms with Gasteiger partial charge in [-0.05, 0) is 11.6 Å². The van der Waals surface area contributed by atoms with Crippen molar-refractivity contribution in [1.29, 1.82) is 0 Å². The van der Waals surface area contributed by atoms with Crippen molar-refractivity contribution in [2.24, 2.45) is 11.7 Å². The van der Waals surface area contributed by atoms with Gasteiger partial charge in [0.15, 0.2) is 0 Å². The third kappa shape index (κ3) is 3.46. The highest BCUT2D eigenvalue weighted by Crippen LogP contribution is 2.21. The Morgan fingerprint density at radius 2 is 1.90 bits per heavy atom. The summed E-state index contributed by atoms with van der Waals surface area (Å²) in [6.45, 7) is 2.19. The number of imide groups is 1. The maximum Gasteiger partial charge on any atom is 0.229 e. The molecule has 0 bridgehead atoms. The van der Waals surface area contributed by atoms with Crippen molar-refractivity contribution in [2.45, 2.75) is 26.3 Å². The summed E-state index contributed by atoms with van der Waals surface area (Å²) in [7, 11) is 0. The van der Waals surface area contributed by atoms with Gasteiger partial charge in [0.2, 0.25) is 17.7 Å². The summed E-state index contributed by atoms with van der Waals surface area (Å²) in [5.41, 5.74) is 6.82. The molecule has 0 aromatic heterocycles. The third-order valence-electron chi connectivity index (χ3n) is 3.56. The van der Waals surface area contributed by atoms with Crippen LogP contribution in [0.1, 0.15) is 25.3 Å². The first-order valence-electron chi connectivity index (χ1n) is 6.95. The number of nitrogens with one attached hydrogen (secondary N) is 1. The fraction of sp³-hybridized carbons (Fsp3) is 0.400.